The zero-order valence-electron chi connectivity index (χ0n) is 15.9. The van der Waals surface area contributed by atoms with E-state index in [1.54, 1.807) is 19.1 Å². The van der Waals surface area contributed by atoms with Gasteiger partial charge in [-0.05, 0) is 62.1 Å². The average Bonchev–Trinajstić information content (AvgIpc) is 2.53. The molecule has 2 rings (SSSR count). The highest BCUT2D eigenvalue weighted by Gasteiger charge is 2.29. The minimum atomic E-state index is -3.63. The predicted octanol–water partition coefficient (Wildman–Crippen LogP) is 3.66. The van der Waals surface area contributed by atoms with E-state index >= 15 is 0 Å². The third-order valence-corrected chi connectivity index (χ3v) is 5.45. The fourth-order valence-corrected chi connectivity index (χ4v) is 4.23. The van der Waals surface area contributed by atoms with E-state index in [0.717, 1.165) is 29.4 Å². The number of hydrogen-bond donors (Lipinski definition) is 1. The lowest BCUT2D eigenvalue weighted by molar-refractivity contribution is -0.116. The van der Waals surface area contributed by atoms with Gasteiger partial charge in [-0.3, -0.25) is 9.10 Å². The van der Waals surface area contributed by atoms with Gasteiger partial charge in [-0.15, -0.1) is 0 Å². The van der Waals surface area contributed by atoms with Crippen LogP contribution in [0.25, 0.3) is 0 Å². The van der Waals surface area contributed by atoms with Crippen molar-refractivity contribution in [2.24, 2.45) is 0 Å². The Bertz CT molecular complexity index is 887. The number of nitrogens with zero attached hydrogens (tertiary/aromatic N) is 1. The summed E-state index contributed by atoms with van der Waals surface area (Å²) in [5.74, 6) is -0.365. The highest BCUT2D eigenvalue weighted by molar-refractivity contribution is 7.92. The highest BCUT2D eigenvalue weighted by atomic mass is 32.2. The van der Waals surface area contributed by atoms with Crippen molar-refractivity contribution in [3.63, 3.8) is 0 Å². The van der Waals surface area contributed by atoms with Crippen molar-refractivity contribution in [1.82, 2.24) is 0 Å². The molecule has 0 aliphatic heterocycles. The Kier molecular flexibility index (Phi) is 6.08. The first-order valence-electron chi connectivity index (χ1n) is 8.60. The molecule has 0 radical (unpaired) electrons. The number of benzene rings is 2. The Morgan fingerprint density at radius 2 is 1.69 bits per heavy atom. The zero-order valence-corrected chi connectivity index (χ0v) is 16.7. The summed E-state index contributed by atoms with van der Waals surface area (Å²) < 4.78 is 26.0. The molecule has 6 heteroatoms. The van der Waals surface area contributed by atoms with Crippen molar-refractivity contribution < 1.29 is 13.2 Å². The van der Waals surface area contributed by atoms with Gasteiger partial charge in [0.2, 0.25) is 15.9 Å². The number of sulfonamides is 1. The number of para-hydroxylation sites is 1. The summed E-state index contributed by atoms with van der Waals surface area (Å²) >= 11 is 0. The molecule has 0 fully saturated rings. The number of carbonyl (C=O) groups is 1. The van der Waals surface area contributed by atoms with Crippen molar-refractivity contribution in [3.05, 3.63) is 59.2 Å². The SMILES string of the molecule is CCc1ccccc1NC(=O)C(C)N(c1cc(C)cc(C)c1)S(C)(=O)=O. The number of rotatable bonds is 6. The molecule has 1 atom stereocenters. The summed E-state index contributed by atoms with van der Waals surface area (Å²) in [4.78, 5) is 12.8. The molecular weight excluding hydrogens is 348 g/mol. The van der Waals surface area contributed by atoms with Crippen LogP contribution in [0.1, 0.15) is 30.5 Å². The van der Waals surface area contributed by atoms with Gasteiger partial charge in [0.15, 0.2) is 0 Å². The summed E-state index contributed by atoms with van der Waals surface area (Å²) in [5.41, 5.74) is 4.10. The van der Waals surface area contributed by atoms with Crippen molar-refractivity contribution in [3.8, 4) is 0 Å². The largest absolute Gasteiger partial charge is 0.324 e. The summed E-state index contributed by atoms with van der Waals surface area (Å²) in [7, 11) is -3.63. The fraction of sp³-hybridized carbons (Fsp3) is 0.350. The molecule has 26 heavy (non-hydrogen) atoms. The standard InChI is InChI=1S/C20H26N2O3S/c1-6-17-9-7-8-10-19(17)21-20(23)16(4)22(26(5,24)25)18-12-14(2)11-15(3)13-18/h7-13,16H,6H2,1-5H3,(H,21,23). The summed E-state index contributed by atoms with van der Waals surface area (Å²) in [5, 5.41) is 2.87. The van der Waals surface area contributed by atoms with Gasteiger partial charge in [0, 0.05) is 5.69 Å². The predicted molar refractivity (Wildman–Crippen MR) is 107 cm³/mol. The van der Waals surface area contributed by atoms with Gasteiger partial charge < -0.3 is 5.32 Å². The van der Waals surface area contributed by atoms with Gasteiger partial charge >= 0.3 is 0 Å². The van der Waals surface area contributed by atoms with Crippen LogP contribution in [0.5, 0.6) is 0 Å². The molecule has 0 heterocycles. The van der Waals surface area contributed by atoms with E-state index in [1.807, 2.05) is 51.1 Å². The van der Waals surface area contributed by atoms with E-state index in [2.05, 4.69) is 5.32 Å². The third-order valence-electron chi connectivity index (χ3n) is 4.21. The first kappa shape index (κ1) is 20.0. The van der Waals surface area contributed by atoms with Gasteiger partial charge in [-0.2, -0.15) is 0 Å². The van der Waals surface area contributed by atoms with E-state index in [9.17, 15) is 13.2 Å². The van der Waals surface area contributed by atoms with Crippen LogP contribution in [0.15, 0.2) is 42.5 Å². The molecule has 0 saturated heterocycles. The fourth-order valence-electron chi connectivity index (χ4n) is 3.07. The Balaban J connectivity index is 2.38. The molecular formula is C20H26N2O3S. The molecule has 140 valence electrons. The van der Waals surface area contributed by atoms with Crippen LogP contribution in [-0.4, -0.2) is 26.6 Å². The molecule has 0 aliphatic rings. The first-order valence-corrected chi connectivity index (χ1v) is 10.4. The lowest BCUT2D eigenvalue weighted by atomic mass is 10.1. The van der Waals surface area contributed by atoms with Crippen molar-refractivity contribution in [2.75, 3.05) is 15.9 Å². The molecule has 0 bridgehead atoms. The van der Waals surface area contributed by atoms with Gasteiger partial charge in [-0.1, -0.05) is 31.2 Å². The maximum atomic E-state index is 12.8. The number of anilines is 2. The van der Waals surface area contributed by atoms with Gasteiger partial charge in [0.1, 0.15) is 6.04 Å². The number of amides is 1. The number of hydrogen-bond acceptors (Lipinski definition) is 3. The second-order valence-corrected chi connectivity index (χ2v) is 8.44. The Hall–Kier alpha value is -2.34. The number of carbonyl (C=O) groups excluding carboxylic acids is 1. The van der Waals surface area contributed by atoms with Crippen LogP contribution in [0.3, 0.4) is 0 Å². The molecule has 1 unspecified atom stereocenters. The summed E-state index contributed by atoms with van der Waals surface area (Å²) in [6, 6.07) is 12.2. The Morgan fingerprint density at radius 3 is 2.23 bits per heavy atom. The van der Waals surface area contributed by atoms with Crippen LogP contribution < -0.4 is 9.62 Å². The number of aryl methyl sites for hydroxylation is 3. The van der Waals surface area contributed by atoms with Crippen molar-refractivity contribution in [2.45, 2.75) is 40.2 Å². The third kappa shape index (κ3) is 4.64. The van der Waals surface area contributed by atoms with Gasteiger partial charge in [-0.25, -0.2) is 8.42 Å². The van der Waals surface area contributed by atoms with Crippen LogP contribution >= 0.6 is 0 Å². The van der Waals surface area contributed by atoms with E-state index in [0.29, 0.717) is 11.4 Å². The lowest BCUT2D eigenvalue weighted by Crippen LogP contribution is -2.45. The van der Waals surface area contributed by atoms with Crippen molar-refractivity contribution in [1.29, 1.82) is 0 Å². The quantitative estimate of drug-likeness (QED) is 0.839. The van der Waals surface area contributed by atoms with E-state index in [1.165, 1.54) is 4.31 Å². The Labute approximate surface area is 156 Å². The Morgan fingerprint density at radius 1 is 1.12 bits per heavy atom. The molecule has 2 aromatic rings. The first-order chi connectivity index (χ1) is 12.1. The molecule has 1 N–H and O–H groups in total. The van der Waals surface area contributed by atoms with Gasteiger partial charge in [0.05, 0.1) is 11.9 Å². The minimum Gasteiger partial charge on any atom is -0.324 e. The second kappa shape index (κ2) is 7.91. The zero-order chi connectivity index (χ0) is 19.5. The van der Waals surface area contributed by atoms with E-state index in [4.69, 9.17) is 0 Å². The van der Waals surface area contributed by atoms with Crippen molar-refractivity contribution >= 4 is 27.3 Å². The minimum absolute atomic E-state index is 0.365. The topological polar surface area (TPSA) is 66.5 Å². The van der Waals surface area contributed by atoms with E-state index in [-0.39, 0.29) is 5.91 Å². The summed E-state index contributed by atoms with van der Waals surface area (Å²) in [6.45, 7) is 7.41. The van der Waals surface area contributed by atoms with E-state index < -0.39 is 16.1 Å². The molecule has 0 aliphatic carbocycles. The average molecular weight is 375 g/mol. The van der Waals surface area contributed by atoms with Crippen LogP contribution in [0, 0.1) is 13.8 Å². The maximum absolute atomic E-state index is 12.8. The highest BCUT2D eigenvalue weighted by Crippen LogP contribution is 2.25. The second-order valence-electron chi connectivity index (χ2n) is 6.58. The molecule has 5 nitrogen and oxygen atoms in total. The number of nitrogens with one attached hydrogen (secondary N) is 1. The van der Waals surface area contributed by atoms with Crippen LogP contribution in [0.2, 0.25) is 0 Å². The molecule has 0 saturated carbocycles. The maximum Gasteiger partial charge on any atom is 0.248 e. The van der Waals surface area contributed by atoms with Crippen LogP contribution in [-0.2, 0) is 21.2 Å². The normalized spacial score (nSPS) is 12.5. The van der Waals surface area contributed by atoms with Gasteiger partial charge in [0.25, 0.3) is 0 Å². The monoisotopic (exact) mass is 374 g/mol. The molecule has 2 aromatic carbocycles. The summed E-state index contributed by atoms with van der Waals surface area (Å²) in [6.07, 6.45) is 1.89. The van der Waals surface area contributed by atoms with Crippen LogP contribution in [0.4, 0.5) is 11.4 Å². The lowest BCUT2D eigenvalue weighted by Gasteiger charge is -2.29. The smallest absolute Gasteiger partial charge is 0.248 e. The molecule has 1 amide bonds. The molecule has 0 aromatic heterocycles. The molecule has 0 spiro atoms.